The lowest BCUT2D eigenvalue weighted by Gasteiger charge is -2.14. The number of ether oxygens (including phenoxy) is 1. The summed E-state index contributed by atoms with van der Waals surface area (Å²) in [4.78, 5) is 3.97. The monoisotopic (exact) mass is 297 g/mol. The van der Waals surface area contributed by atoms with Crippen molar-refractivity contribution in [1.82, 2.24) is 4.98 Å². The van der Waals surface area contributed by atoms with Crippen molar-refractivity contribution in [2.45, 2.75) is 26.1 Å². The zero-order valence-corrected chi connectivity index (χ0v) is 12.7. The maximum atomic E-state index is 10.2. The van der Waals surface area contributed by atoms with Gasteiger partial charge in [0.15, 0.2) is 0 Å². The van der Waals surface area contributed by atoms with Gasteiger partial charge in [0, 0.05) is 6.54 Å². The molecular weight excluding hydrogens is 278 g/mol. The van der Waals surface area contributed by atoms with E-state index in [1.165, 1.54) is 0 Å². The highest BCUT2D eigenvalue weighted by Crippen LogP contribution is 2.19. The molecule has 22 heavy (non-hydrogen) atoms. The topological polar surface area (TPSA) is 78.2 Å². The Labute approximate surface area is 130 Å². The summed E-state index contributed by atoms with van der Waals surface area (Å²) in [6.07, 6.45) is 1.07. The SMILES string of the molecule is CC(C)Oc1ccc([C@@H](O)CNc2ccc(C#N)nc2)cc1. The van der Waals surface area contributed by atoms with Crippen LogP contribution in [0.1, 0.15) is 31.2 Å². The van der Waals surface area contributed by atoms with Crippen LogP contribution in [0.2, 0.25) is 0 Å². The van der Waals surface area contributed by atoms with E-state index in [0.717, 1.165) is 17.0 Å². The lowest BCUT2D eigenvalue weighted by molar-refractivity contribution is 0.191. The highest BCUT2D eigenvalue weighted by molar-refractivity contribution is 5.43. The van der Waals surface area contributed by atoms with Crippen molar-refractivity contribution < 1.29 is 9.84 Å². The maximum absolute atomic E-state index is 10.2. The van der Waals surface area contributed by atoms with Crippen LogP contribution in [0, 0.1) is 11.3 Å². The Kier molecular flexibility index (Phi) is 5.34. The number of hydrogen-bond donors (Lipinski definition) is 2. The van der Waals surface area contributed by atoms with Gasteiger partial charge in [-0.3, -0.25) is 0 Å². The predicted molar refractivity (Wildman–Crippen MR) is 84.6 cm³/mol. The van der Waals surface area contributed by atoms with E-state index >= 15 is 0 Å². The largest absolute Gasteiger partial charge is 0.491 e. The smallest absolute Gasteiger partial charge is 0.140 e. The molecule has 0 aliphatic heterocycles. The molecule has 1 aromatic heterocycles. The van der Waals surface area contributed by atoms with E-state index in [1.807, 2.05) is 44.2 Å². The van der Waals surface area contributed by atoms with Crippen LogP contribution in [0.15, 0.2) is 42.6 Å². The molecule has 5 heteroatoms. The van der Waals surface area contributed by atoms with Gasteiger partial charge in [-0.2, -0.15) is 5.26 Å². The molecule has 1 heterocycles. The van der Waals surface area contributed by atoms with Gasteiger partial charge in [-0.25, -0.2) is 4.98 Å². The molecule has 0 aliphatic rings. The quantitative estimate of drug-likeness (QED) is 0.857. The van der Waals surface area contributed by atoms with Crippen LogP contribution in [0.5, 0.6) is 5.75 Å². The zero-order chi connectivity index (χ0) is 15.9. The van der Waals surface area contributed by atoms with E-state index in [4.69, 9.17) is 10.00 Å². The molecule has 1 atom stereocenters. The molecular formula is C17H19N3O2. The number of anilines is 1. The summed E-state index contributed by atoms with van der Waals surface area (Å²) in [6, 6.07) is 12.8. The van der Waals surface area contributed by atoms with Crippen LogP contribution in [0.3, 0.4) is 0 Å². The fourth-order valence-electron chi connectivity index (χ4n) is 1.94. The molecule has 0 fully saturated rings. The number of aliphatic hydroxyl groups excluding tert-OH is 1. The molecule has 5 nitrogen and oxygen atoms in total. The Morgan fingerprint density at radius 3 is 2.50 bits per heavy atom. The summed E-state index contributed by atoms with van der Waals surface area (Å²) in [5.41, 5.74) is 1.94. The lowest BCUT2D eigenvalue weighted by Crippen LogP contribution is -2.12. The second-order valence-electron chi connectivity index (χ2n) is 5.18. The van der Waals surface area contributed by atoms with E-state index in [9.17, 15) is 5.11 Å². The number of nitrogens with one attached hydrogen (secondary N) is 1. The number of benzene rings is 1. The molecule has 0 bridgehead atoms. The summed E-state index contributed by atoms with van der Waals surface area (Å²) in [7, 11) is 0. The average molecular weight is 297 g/mol. The third-order valence-electron chi connectivity index (χ3n) is 3.01. The molecule has 2 N–H and O–H groups in total. The summed E-state index contributed by atoms with van der Waals surface area (Å²) in [6.45, 7) is 4.30. The molecule has 0 spiro atoms. The number of nitrogens with zero attached hydrogens (tertiary/aromatic N) is 2. The van der Waals surface area contributed by atoms with Gasteiger partial charge >= 0.3 is 0 Å². The first-order valence-electron chi connectivity index (χ1n) is 7.13. The highest BCUT2D eigenvalue weighted by atomic mass is 16.5. The van der Waals surface area contributed by atoms with Gasteiger partial charge < -0.3 is 15.2 Å². The third-order valence-corrected chi connectivity index (χ3v) is 3.01. The second-order valence-corrected chi connectivity index (χ2v) is 5.18. The molecule has 0 radical (unpaired) electrons. The molecule has 0 aliphatic carbocycles. The first-order chi connectivity index (χ1) is 10.6. The molecule has 1 aromatic carbocycles. The van der Waals surface area contributed by atoms with Gasteiger partial charge in [0.2, 0.25) is 0 Å². The fraction of sp³-hybridized carbons (Fsp3) is 0.294. The van der Waals surface area contributed by atoms with Crippen molar-refractivity contribution in [3.63, 3.8) is 0 Å². The fourth-order valence-corrected chi connectivity index (χ4v) is 1.94. The van der Waals surface area contributed by atoms with Gasteiger partial charge in [-0.05, 0) is 43.7 Å². The third kappa shape index (κ3) is 4.47. The van der Waals surface area contributed by atoms with E-state index in [2.05, 4.69) is 10.3 Å². The average Bonchev–Trinajstić information content (AvgIpc) is 2.53. The maximum Gasteiger partial charge on any atom is 0.140 e. The van der Waals surface area contributed by atoms with Gasteiger partial charge in [-0.1, -0.05) is 12.1 Å². The summed E-state index contributed by atoms with van der Waals surface area (Å²) in [5, 5.41) is 22.0. The zero-order valence-electron chi connectivity index (χ0n) is 12.7. The number of aromatic nitrogens is 1. The van der Waals surface area contributed by atoms with Crippen molar-refractivity contribution in [3.05, 3.63) is 53.9 Å². The van der Waals surface area contributed by atoms with Gasteiger partial charge in [0.1, 0.15) is 17.5 Å². The highest BCUT2D eigenvalue weighted by Gasteiger charge is 2.08. The minimum Gasteiger partial charge on any atom is -0.491 e. The van der Waals surface area contributed by atoms with Crippen LogP contribution in [-0.4, -0.2) is 22.7 Å². The number of hydrogen-bond acceptors (Lipinski definition) is 5. The Bertz CT molecular complexity index is 630. The van der Waals surface area contributed by atoms with Crippen LogP contribution in [0.25, 0.3) is 0 Å². The number of nitriles is 1. The van der Waals surface area contributed by atoms with Crippen molar-refractivity contribution in [2.75, 3.05) is 11.9 Å². The Morgan fingerprint density at radius 2 is 1.95 bits per heavy atom. The Balaban J connectivity index is 1.91. The molecule has 0 saturated carbocycles. The van der Waals surface area contributed by atoms with Crippen molar-refractivity contribution in [2.24, 2.45) is 0 Å². The Morgan fingerprint density at radius 1 is 1.23 bits per heavy atom. The van der Waals surface area contributed by atoms with Crippen molar-refractivity contribution in [3.8, 4) is 11.8 Å². The molecule has 114 valence electrons. The number of pyridine rings is 1. The summed E-state index contributed by atoms with van der Waals surface area (Å²) < 4.78 is 5.57. The van der Waals surface area contributed by atoms with Crippen molar-refractivity contribution >= 4 is 5.69 Å². The van der Waals surface area contributed by atoms with Gasteiger partial charge in [0.25, 0.3) is 0 Å². The molecule has 0 saturated heterocycles. The number of aliphatic hydroxyl groups is 1. The molecule has 0 amide bonds. The standard InChI is InChI=1S/C17H19N3O2/c1-12(2)22-16-7-3-13(4-8-16)17(21)11-20-15-6-5-14(9-18)19-10-15/h3-8,10,12,17,20-21H,11H2,1-2H3/t17-/m0/s1. The molecule has 2 aromatic rings. The lowest BCUT2D eigenvalue weighted by atomic mass is 10.1. The van der Waals surface area contributed by atoms with E-state index in [0.29, 0.717) is 12.2 Å². The minimum absolute atomic E-state index is 0.126. The van der Waals surface area contributed by atoms with Crippen LogP contribution >= 0.6 is 0 Å². The second kappa shape index (κ2) is 7.43. The van der Waals surface area contributed by atoms with E-state index in [1.54, 1.807) is 18.3 Å². The Hall–Kier alpha value is -2.58. The normalized spacial score (nSPS) is 11.8. The van der Waals surface area contributed by atoms with Gasteiger partial charge in [0.05, 0.1) is 24.1 Å². The minimum atomic E-state index is -0.635. The summed E-state index contributed by atoms with van der Waals surface area (Å²) >= 11 is 0. The molecule has 0 unspecified atom stereocenters. The van der Waals surface area contributed by atoms with E-state index < -0.39 is 6.10 Å². The predicted octanol–water partition coefficient (Wildman–Crippen LogP) is 2.89. The first-order valence-corrected chi connectivity index (χ1v) is 7.13. The van der Waals surface area contributed by atoms with Crippen LogP contribution in [0.4, 0.5) is 5.69 Å². The summed E-state index contributed by atoms with van der Waals surface area (Å²) in [5.74, 6) is 0.787. The van der Waals surface area contributed by atoms with Gasteiger partial charge in [-0.15, -0.1) is 0 Å². The van der Waals surface area contributed by atoms with Crippen LogP contribution in [-0.2, 0) is 0 Å². The first kappa shape index (κ1) is 15.8. The van der Waals surface area contributed by atoms with Crippen molar-refractivity contribution in [1.29, 1.82) is 5.26 Å². The molecule has 2 rings (SSSR count). The van der Waals surface area contributed by atoms with E-state index in [-0.39, 0.29) is 6.10 Å². The van der Waals surface area contributed by atoms with Crippen LogP contribution < -0.4 is 10.1 Å². The number of rotatable bonds is 6.